The molecule has 0 amide bonds. The number of phosphoric ester groups is 1. The molecule has 0 aliphatic heterocycles. The van der Waals surface area contributed by atoms with Crippen LogP contribution in [0.3, 0.4) is 0 Å². The van der Waals surface area contributed by atoms with E-state index in [1.807, 2.05) is 0 Å². The van der Waals surface area contributed by atoms with Gasteiger partial charge < -0.3 is 9.79 Å². The van der Waals surface area contributed by atoms with Crippen LogP contribution in [-0.4, -0.2) is 15.9 Å². The van der Waals surface area contributed by atoms with Crippen LogP contribution < -0.4 is 0 Å². The predicted octanol–water partition coefficient (Wildman–Crippen LogP) is 2.84. The van der Waals surface area contributed by atoms with Gasteiger partial charge in [-0.25, -0.2) is 4.57 Å². The van der Waals surface area contributed by atoms with Crippen LogP contribution in [0.4, 0.5) is 0 Å². The maximum Gasteiger partial charge on any atom is 0.469 e. The Bertz CT molecular complexity index is 234. The van der Waals surface area contributed by atoms with Gasteiger partial charge in [0.05, 0.1) is 6.10 Å². The van der Waals surface area contributed by atoms with E-state index in [9.17, 15) is 4.57 Å². The zero-order chi connectivity index (χ0) is 11.5. The fourth-order valence-electron chi connectivity index (χ4n) is 2.46. The summed E-state index contributed by atoms with van der Waals surface area (Å²) >= 11 is 0. The fourth-order valence-corrected chi connectivity index (χ4v) is 3.06. The van der Waals surface area contributed by atoms with E-state index >= 15 is 0 Å². The summed E-state index contributed by atoms with van der Waals surface area (Å²) in [5, 5.41) is 0. The van der Waals surface area contributed by atoms with Crippen LogP contribution >= 0.6 is 7.82 Å². The van der Waals surface area contributed by atoms with Gasteiger partial charge in [-0.1, -0.05) is 26.7 Å². The Labute approximate surface area is 91.3 Å². The Morgan fingerprint density at radius 2 is 1.73 bits per heavy atom. The van der Waals surface area contributed by atoms with Crippen molar-refractivity contribution < 1.29 is 18.9 Å². The first-order valence-electron chi connectivity index (χ1n) is 5.65. The van der Waals surface area contributed by atoms with Gasteiger partial charge in [0.1, 0.15) is 0 Å². The molecule has 15 heavy (non-hydrogen) atoms. The SMILES string of the molecule is CCC1(CC)CCC(OP(=O)(O)O)CC1. The second-order valence-electron chi connectivity index (χ2n) is 4.50. The minimum atomic E-state index is -4.29. The van der Waals surface area contributed by atoms with Crippen molar-refractivity contribution in [3.63, 3.8) is 0 Å². The number of hydrogen-bond donors (Lipinski definition) is 2. The van der Waals surface area contributed by atoms with Crippen LogP contribution in [-0.2, 0) is 9.09 Å². The molecular formula is C10H21O4P. The molecule has 5 heteroatoms. The monoisotopic (exact) mass is 236 g/mol. The highest BCUT2D eigenvalue weighted by Crippen LogP contribution is 2.47. The van der Waals surface area contributed by atoms with Gasteiger partial charge in [-0.15, -0.1) is 0 Å². The van der Waals surface area contributed by atoms with Crippen molar-refractivity contribution in [2.75, 3.05) is 0 Å². The minimum Gasteiger partial charge on any atom is -0.303 e. The van der Waals surface area contributed by atoms with E-state index in [1.165, 1.54) is 0 Å². The van der Waals surface area contributed by atoms with Crippen LogP contribution in [0.25, 0.3) is 0 Å². The summed E-state index contributed by atoms with van der Waals surface area (Å²) in [6, 6.07) is 0. The number of hydrogen-bond acceptors (Lipinski definition) is 2. The lowest BCUT2D eigenvalue weighted by Gasteiger charge is -2.38. The third-order valence-corrected chi connectivity index (χ3v) is 4.35. The zero-order valence-corrected chi connectivity index (χ0v) is 10.4. The van der Waals surface area contributed by atoms with Crippen molar-refractivity contribution in [2.24, 2.45) is 5.41 Å². The molecule has 90 valence electrons. The van der Waals surface area contributed by atoms with Crippen molar-refractivity contribution in [2.45, 2.75) is 58.5 Å². The lowest BCUT2D eigenvalue weighted by Crippen LogP contribution is -2.29. The van der Waals surface area contributed by atoms with Crippen LogP contribution in [0.1, 0.15) is 52.4 Å². The van der Waals surface area contributed by atoms with Gasteiger partial charge in [-0.05, 0) is 31.1 Å². The normalized spacial score (nSPS) is 22.9. The van der Waals surface area contributed by atoms with Crippen molar-refractivity contribution >= 4 is 7.82 Å². The zero-order valence-electron chi connectivity index (χ0n) is 9.48. The number of rotatable bonds is 4. The van der Waals surface area contributed by atoms with E-state index in [0.29, 0.717) is 5.41 Å². The molecule has 0 spiro atoms. The molecule has 1 aliphatic rings. The van der Waals surface area contributed by atoms with Gasteiger partial charge in [0.25, 0.3) is 0 Å². The van der Waals surface area contributed by atoms with Gasteiger partial charge in [0.2, 0.25) is 0 Å². The Balaban J connectivity index is 2.45. The average molecular weight is 236 g/mol. The summed E-state index contributed by atoms with van der Waals surface area (Å²) in [4.78, 5) is 17.4. The van der Waals surface area contributed by atoms with Crippen LogP contribution in [0.15, 0.2) is 0 Å². The summed E-state index contributed by atoms with van der Waals surface area (Å²) < 4.78 is 15.4. The highest BCUT2D eigenvalue weighted by Gasteiger charge is 2.34. The molecular weight excluding hydrogens is 215 g/mol. The van der Waals surface area contributed by atoms with E-state index < -0.39 is 7.82 Å². The highest BCUT2D eigenvalue weighted by molar-refractivity contribution is 7.46. The Morgan fingerprint density at radius 3 is 2.07 bits per heavy atom. The third kappa shape index (κ3) is 3.87. The fraction of sp³-hybridized carbons (Fsp3) is 1.00. The molecule has 1 aliphatic carbocycles. The second kappa shape index (κ2) is 4.96. The Morgan fingerprint density at radius 1 is 1.27 bits per heavy atom. The molecule has 0 aromatic carbocycles. The Hall–Kier alpha value is 0.110. The summed E-state index contributed by atoms with van der Waals surface area (Å²) in [5.74, 6) is 0. The lowest BCUT2D eigenvalue weighted by molar-refractivity contribution is 0.0510. The molecule has 0 aromatic rings. The highest BCUT2D eigenvalue weighted by atomic mass is 31.2. The van der Waals surface area contributed by atoms with Crippen molar-refractivity contribution in [3.8, 4) is 0 Å². The van der Waals surface area contributed by atoms with Crippen LogP contribution in [0.2, 0.25) is 0 Å². The largest absolute Gasteiger partial charge is 0.469 e. The quantitative estimate of drug-likeness (QED) is 0.736. The van der Waals surface area contributed by atoms with Gasteiger partial charge in [-0.2, -0.15) is 0 Å². The first kappa shape index (κ1) is 13.2. The van der Waals surface area contributed by atoms with Crippen molar-refractivity contribution in [3.05, 3.63) is 0 Å². The maximum atomic E-state index is 10.7. The molecule has 0 heterocycles. The maximum absolute atomic E-state index is 10.7. The van der Waals surface area contributed by atoms with Gasteiger partial charge >= 0.3 is 7.82 Å². The molecule has 2 N–H and O–H groups in total. The summed E-state index contributed by atoms with van der Waals surface area (Å²) in [5.41, 5.74) is 0.384. The first-order valence-corrected chi connectivity index (χ1v) is 7.18. The van der Waals surface area contributed by atoms with Crippen molar-refractivity contribution in [1.82, 2.24) is 0 Å². The molecule has 1 rings (SSSR count). The van der Waals surface area contributed by atoms with Gasteiger partial charge in [0.15, 0.2) is 0 Å². The summed E-state index contributed by atoms with van der Waals surface area (Å²) in [6.45, 7) is 4.38. The predicted molar refractivity (Wildman–Crippen MR) is 58.4 cm³/mol. The Kier molecular flexibility index (Phi) is 4.36. The smallest absolute Gasteiger partial charge is 0.303 e. The molecule has 1 saturated carbocycles. The third-order valence-electron chi connectivity index (χ3n) is 3.78. The van der Waals surface area contributed by atoms with Crippen LogP contribution in [0, 0.1) is 5.41 Å². The van der Waals surface area contributed by atoms with Gasteiger partial charge in [0, 0.05) is 0 Å². The van der Waals surface area contributed by atoms with E-state index in [1.54, 1.807) is 0 Å². The lowest BCUT2D eigenvalue weighted by atomic mass is 9.70. The van der Waals surface area contributed by atoms with E-state index in [0.717, 1.165) is 38.5 Å². The average Bonchev–Trinajstić information content (AvgIpc) is 2.17. The molecule has 0 bridgehead atoms. The topological polar surface area (TPSA) is 66.8 Å². The van der Waals surface area contributed by atoms with Gasteiger partial charge in [-0.3, -0.25) is 4.52 Å². The molecule has 1 fully saturated rings. The van der Waals surface area contributed by atoms with E-state index in [-0.39, 0.29) is 6.10 Å². The first-order chi connectivity index (χ1) is 6.91. The summed E-state index contributed by atoms with van der Waals surface area (Å²) in [7, 11) is -4.29. The molecule has 0 radical (unpaired) electrons. The molecule has 4 nitrogen and oxygen atoms in total. The summed E-state index contributed by atoms with van der Waals surface area (Å²) in [6.07, 6.45) is 5.62. The van der Waals surface area contributed by atoms with E-state index in [2.05, 4.69) is 13.8 Å². The molecule has 0 aromatic heterocycles. The van der Waals surface area contributed by atoms with Crippen molar-refractivity contribution in [1.29, 1.82) is 0 Å². The van der Waals surface area contributed by atoms with E-state index in [4.69, 9.17) is 14.3 Å². The molecule has 0 atom stereocenters. The minimum absolute atomic E-state index is 0.253. The second-order valence-corrected chi connectivity index (χ2v) is 5.69. The standard InChI is InChI=1S/C10H21O4P/c1-3-10(4-2)7-5-9(6-8-10)14-15(11,12)13/h9H,3-8H2,1-2H3,(H2,11,12,13). The van der Waals surface area contributed by atoms with Crippen LogP contribution in [0.5, 0.6) is 0 Å². The molecule has 0 unspecified atom stereocenters. The molecule has 0 saturated heterocycles. The number of phosphoric acid groups is 1.